The maximum absolute atomic E-state index is 12.9. The van der Waals surface area contributed by atoms with Gasteiger partial charge in [-0.25, -0.2) is 0 Å². The van der Waals surface area contributed by atoms with E-state index in [2.05, 4.69) is 10.6 Å². The number of hydrogen-bond donors (Lipinski definition) is 2. The Hall–Kier alpha value is -2.41. The minimum atomic E-state index is -0.629. The topological polar surface area (TPSA) is 87.7 Å². The lowest BCUT2D eigenvalue weighted by Crippen LogP contribution is -2.54. The normalized spacial score (nSPS) is 15.7. The second kappa shape index (κ2) is 11.7. The number of hydrogen-bond acceptors (Lipinski definition) is 4. The van der Waals surface area contributed by atoms with Gasteiger partial charge < -0.3 is 20.3 Å². The number of piperidine rings is 1. The van der Waals surface area contributed by atoms with Gasteiger partial charge in [0.15, 0.2) is 0 Å². The molecule has 1 unspecified atom stereocenters. The van der Waals surface area contributed by atoms with Gasteiger partial charge in [-0.05, 0) is 43.7 Å². The molecule has 30 heavy (non-hydrogen) atoms. The van der Waals surface area contributed by atoms with Crippen molar-refractivity contribution in [2.45, 2.75) is 46.1 Å². The van der Waals surface area contributed by atoms with Gasteiger partial charge in [0, 0.05) is 44.8 Å². The number of likely N-dealkylation sites (tertiary alicyclic amines) is 1. The Bertz CT molecular complexity index is 727. The number of carbonyl (C=O) groups excluding carboxylic acids is 3. The molecule has 3 amide bonds. The van der Waals surface area contributed by atoms with Crippen molar-refractivity contribution in [3.8, 4) is 0 Å². The monoisotopic (exact) mass is 417 g/mol. The maximum Gasteiger partial charge on any atom is 0.252 e. The van der Waals surface area contributed by atoms with E-state index in [-0.39, 0.29) is 29.6 Å². The quantitative estimate of drug-likeness (QED) is 0.603. The number of amides is 3. The molecule has 1 aromatic rings. The highest BCUT2D eigenvalue weighted by Crippen LogP contribution is 2.23. The molecule has 0 bridgehead atoms. The van der Waals surface area contributed by atoms with E-state index in [1.165, 1.54) is 0 Å². The smallest absolute Gasteiger partial charge is 0.252 e. The first kappa shape index (κ1) is 23.9. The minimum absolute atomic E-state index is 0.0170. The summed E-state index contributed by atoms with van der Waals surface area (Å²) in [6.07, 6.45) is 2.08. The predicted octanol–water partition coefficient (Wildman–Crippen LogP) is 2.14. The van der Waals surface area contributed by atoms with Gasteiger partial charge in [-0.15, -0.1) is 0 Å². The Morgan fingerprint density at radius 2 is 1.83 bits per heavy atom. The molecule has 1 aromatic carbocycles. The number of rotatable bonds is 9. The molecular weight excluding hydrogens is 382 g/mol. The summed E-state index contributed by atoms with van der Waals surface area (Å²) in [6.45, 7) is 7.94. The fraction of sp³-hybridized carbons (Fsp3) is 0.609. The molecule has 7 nitrogen and oxygen atoms in total. The summed E-state index contributed by atoms with van der Waals surface area (Å²) in [5.41, 5.74) is 1.44. The standard InChI is InChI=1S/C23H35N3O4/c1-16(2)23(29)26-13-10-18(11-14-26)20(22(28)24-12-7-15-30-4)25-21(27)19-9-6-5-8-17(19)3/h5-6,8-9,16,18,20H,7,10-15H2,1-4H3,(H,24,28)(H,25,27). The van der Waals surface area contributed by atoms with E-state index >= 15 is 0 Å². The van der Waals surface area contributed by atoms with E-state index in [0.717, 1.165) is 5.56 Å². The number of benzene rings is 1. The van der Waals surface area contributed by atoms with Crippen LogP contribution in [0.3, 0.4) is 0 Å². The zero-order valence-corrected chi connectivity index (χ0v) is 18.6. The molecule has 0 spiro atoms. The van der Waals surface area contributed by atoms with Crippen LogP contribution in [0.1, 0.15) is 49.0 Å². The molecule has 2 N–H and O–H groups in total. The Morgan fingerprint density at radius 3 is 2.43 bits per heavy atom. The van der Waals surface area contributed by atoms with Gasteiger partial charge in [-0.2, -0.15) is 0 Å². The van der Waals surface area contributed by atoms with Crippen molar-refractivity contribution in [2.24, 2.45) is 11.8 Å². The molecule has 1 atom stereocenters. The number of ether oxygens (including phenoxy) is 1. The van der Waals surface area contributed by atoms with Crippen LogP contribution in [0.25, 0.3) is 0 Å². The summed E-state index contributed by atoms with van der Waals surface area (Å²) in [6, 6.07) is 6.72. The molecule has 1 aliphatic rings. The van der Waals surface area contributed by atoms with Crippen molar-refractivity contribution in [3.63, 3.8) is 0 Å². The maximum atomic E-state index is 12.9. The molecule has 0 aliphatic carbocycles. The van der Waals surface area contributed by atoms with Crippen LogP contribution in [0, 0.1) is 18.8 Å². The Morgan fingerprint density at radius 1 is 1.17 bits per heavy atom. The lowest BCUT2D eigenvalue weighted by atomic mass is 9.88. The highest BCUT2D eigenvalue weighted by Gasteiger charge is 2.34. The second-order valence-corrected chi connectivity index (χ2v) is 8.22. The predicted molar refractivity (Wildman–Crippen MR) is 116 cm³/mol. The summed E-state index contributed by atoms with van der Waals surface area (Å²) < 4.78 is 5.03. The minimum Gasteiger partial charge on any atom is -0.385 e. The molecule has 166 valence electrons. The van der Waals surface area contributed by atoms with Gasteiger partial charge in [0.25, 0.3) is 5.91 Å². The largest absolute Gasteiger partial charge is 0.385 e. The number of methoxy groups -OCH3 is 1. The molecule has 7 heteroatoms. The lowest BCUT2D eigenvalue weighted by Gasteiger charge is -2.36. The fourth-order valence-corrected chi connectivity index (χ4v) is 3.80. The van der Waals surface area contributed by atoms with Crippen molar-refractivity contribution in [1.82, 2.24) is 15.5 Å². The van der Waals surface area contributed by atoms with Crippen LogP contribution in [0.15, 0.2) is 24.3 Å². The van der Waals surface area contributed by atoms with Gasteiger partial charge >= 0.3 is 0 Å². The van der Waals surface area contributed by atoms with Crippen LogP contribution < -0.4 is 10.6 Å². The van der Waals surface area contributed by atoms with Crippen molar-refractivity contribution in [2.75, 3.05) is 33.4 Å². The van der Waals surface area contributed by atoms with Gasteiger partial charge in [0.2, 0.25) is 11.8 Å². The summed E-state index contributed by atoms with van der Waals surface area (Å²) in [5.74, 6) is -0.343. The molecule has 1 heterocycles. The Kier molecular flexibility index (Phi) is 9.30. The van der Waals surface area contributed by atoms with Crippen LogP contribution in [0.4, 0.5) is 0 Å². The SMILES string of the molecule is COCCCNC(=O)C(NC(=O)c1ccccc1C)C1CCN(C(=O)C(C)C)CC1. The van der Waals surface area contributed by atoms with E-state index in [9.17, 15) is 14.4 Å². The van der Waals surface area contributed by atoms with E-state index in [4.69, 9.17) is 4.74 Å². The molecule has 2 rings (SSSR count). The third-order valence-corrected chi connectivity index (χ3v) is 5.60. The van der Waals surface area contributed by atoms with E-state index in [1.807, 2.05) is 43.9 Å². The van der Waals surface area contributed by atoms with Gasteiger partial charge in [-0.1, -0.05) is 32.0 Å². The average Bonchev–Trinajstić information content (AvgIpc) is 2.74. The third-order valence-electron chi connectivity index (χ3n) is 5.60. The zero-order valence-electron chi connectivity index (χ0n) is 18.6. The van der Waals surface area contributed by atoms with Crippen molar-refractivity contribution in [3.05, 3.63) is 35.4 Å². The van der Waals surface area contributed by atoms with Crippen LogP contribution >= 0.6 is 0 Å². The van der Waals surface area contributed by atoms with Crippen molar-refractivity contribution in [1.29, 1.82) is 0 Å². The van der Waals surface area contributed by atoms with Crippen molar-refractivity contribution >= 4 is 17.7 Å². The second-order valence-electron chi connectivity index (χ2n) is 8.22. The van der Waals surface area contributed by atoms with Crippen LogP contribution in [-0.2, 0) is 14.3 Å². The zero-order chi connectivity index (χ0) is 22.1. The average molecular weight is 418 g/mol. The first-order valence-electron chi connectivity index (χ1n) is 10.8. The van der Waals surface area contributed by atoms with Crippen LogP contribution in [-0.4, -0.2) is 62.0 Å². The summed E-state index contributed by atoms with van der Waals surface area (Å²) in [7, 11) is 1.62. The Labute approximate surface area is 179 Å². The van der Waals surface area contributed by atoms with Crippen LogP contribution in [0.2, 0.25) is 0 Å². The number of carbonyl (C=O) groups is 3. The summed E-state index contributed by atoms with van der Waals surface area (Å²) in [4.78, 5) is 40.0. The molecule has 0 saturated carbocycles. The highest BCUT2D eigenvalue weighted by atomic mass is 16.5. The molecule has 0 aromatic heterocycles. The molecule has 1 saturated heterocycles. The molecule has 1 fully saturated rings. The fourth-order valence-electron chi connectivity index (χ4n) is 3.80. The van der Waals surface area contributed by atoms with E-state index in [0.29, 0.717) is 51.1 Å². The molecule has 1 aliphatic heterocycles. The first-order valence-corrected chi connectivity index (χ1v) is 10.8. The number of nitrogens with one attached hydrogen (secondary N) is 2. The third kappa shape index (κ3) is 6.55. The van der Waals surface area contributed by atoms with Crippen molar-refractivity contribution < 1.29 is 19.1 Å². The highest BCUT2D eigenvalue weighted by molar-refractivity contribution is 5.98. The van der Waals surface area contributed by atoms with Gasteiger partial charge in [0.1, 0.15) is 6.04 Å². The van der Waals surface area contributed by atoms with Crippen LogP contribution in [0.5, 0.6) is 0 Å². The van der Waals surface area contributed by atoms with Gasteiger partial charge in [0.05, 0.1) is 0 Å². The number of aryl methyl sites for hydroxylation is 1. The molecule has 0 radical (unpaired) electrons. The van der Waals surface area contributed by atoms with E-state index in [1.54, 1.807) is 13.2 Å². The van der Waals surface area contributed by atoms with E-state index < -0.39 is 6.04 Å². The summed E-state index contributed by atoms with van der Waals surface area (Å²) in [5, 5.41) is 5.89. The Balaban J connectivity index is 2.08. The lowest BCUT2D eigenvalue weighted by molar-refractivity contribution is -0.136. The molecular formula is C23H35N3O4. The number of nitrogens with zero attached hydrogens (tertiary/aromatic N) is 1. The first-order chi connectivity index (χ1) is 14.3. The summed E-state index contributed by atoms with van der Waals surface area (Å²) >= 11 is 0. The van der Waals surface area contributed by atoms with Gasteiger partial charge in [-0.3, -0.25) is 14.4 Å².